The Labute approximate surface area is 144 Å². The van der Waals surface area contributed by atoms with Gasteiger partial charge in [-0.3, -0.25) is 4.79 Å². The number of benzene rings is 1. The topological polar surface area (TPSA) is 91.2 Å². The molecule has 0 bridgehead atoms. The highest BCUT2D eigenvalue weighted by Gasteiger charge is 2.29. The second-order valence-electron chi connectivity index (χ2n) is 4.71. The molecule has 0 unspecified atom stereocenters. The zero-order valence-electron chi connectivity index (χ0n) is 11.5. The van der Waals surface area contributed by atoms with Crippen LogP contribution in [0.2, 0.25) is 5.02 Å². The number of carbonyl (C=O) groups is 1. The molecule has 0 saturated carbocycles. The number of rotatable bonds is 4. The highest BCUT2D eigenvalue weighted by Crippen LogP contribution is 2.15. The van der Waals surface area contributed by atoms with Gasteiger partial charge in [0.15, 0.2) is 11.3 Å². The van der Waals surface area contributed by atoms with E-state index in [1.165, 1.54) is 0 Å². The summed E-state index contributed by atoms with van der Waals surface area (Å²) in [7, 11) is 0. The number of aromatic amines is 1. The second kappa shape index (κ2) is 8.28. The van der Waals surface area contributed by atoms with Crippen LogP contribution in [0, 0.1) is 0 Å². The smallest absolute Gasteiger partial charge is 0.293 e. The largest absolute Gasteiger partial charge is 1.00 e. The average molecular weight is 366 g/mol. The molecule has 7 nitrogen and oxygen atoms in total. The summed E-state index contributed by atoms with van der Waals surface area (Å²) in [4.78, 5) is 11.9. The van der Waals surface area contributed by atoms with E-state index in [-0.39, 0.29) is 36.8 Å². The lowest BCUT2D eigenvalue weighted by Crippen LogP contribution is -3.00. The van der Waals surface area contributed by atoms with Crippen molar-refractivity contribution in [1.29, 1.82) is 0 Å². The monoisotopic (exact) mass is 364 g/mol. The standard InChI is InChI=1S/C12H13ClN6O.2ClH/c13-9-1-2-11(19-7-16-17-18-19)8(5-9)6-15-12(20)10-3-4-14-10;;/h1-2,5,7,10,14H,3-4,6H2,(H,15,20);2*1H/t10-;;/m0../s1. The minimum absolute atomic E-state index is 0. The molecule has 0 aliphatic carbocycles. The van der Waals surface area contributed by atoms with Crippen molar-refractivity contribution >= 4 is 17.5 Å². The van der Waals surface area contributed by atoms with Gasteiger partial charge in [0.25, 0.3) is 12.2 Å². The Morgan fingerprint density at radius 2 is 2.27 bits per heavy atom. The van der Waals surface area contributed by atoms with Crippen molar-refractivity contribution in [3.8, 4) is 5.69 Å². The van der Waals surface area contributed by atoms with E-state index in [9.17, 15) is 4.79 Å². The van der Waals surface area contributed by atoms with Gasteiger partial charge in [-0.25, -0.2) is 0 Å². The van der Waals surface area contributed by atoms with E-state index in [1.54, 1.807) is 17.1 Å². The van der Waals surface area contributed by atoms with E-state index in [0.29, 0.717) is 11.6 Å². The molecule has 3 rings (SSSR count). The third kappa shape index (κ3) is 4.07. The zero-order chi connectivity index (χ0) is 13.9. The van der Waals surface area contributed by atoms with Gasteiger partial charge >= 0.3 is 0 Å². The molecule has 2 heterocycles. The van der Waals surface area contributed by atoms with Crippen molar-refractivity contribution in [2.45, 2.75) is 19.0 Å². The number of quaternary nitrogens is 1. The summed E-state index contributed by atoms with van der Waals surface area (Å²) in [6, 6.07) is 5.53. The number of nitrogens with zero attached hydrogens (tertiary/aromatic N) is 3. The van der Waals surface area contributed by atoms with Crippen molar-refractivity contribution < 1.29 is 39.6 Å². The summed E-state index contributed by atoms with van der Waals surface area (Å²) in [5.41, 5.74) is 1.76. The van der Waals surface area contributed by atoms with Crippen LogP contribution in [0.4, 0.5) is 0 Å². The first kappa shape index (κ1) is 18.6. The summed E-state index contributed by atoms with van der Waals surface area (Å²) in [6.45, 7) is 1.45. The minimum atomic E-state index is 0. The minimum Gasteiger partial charge on any atom is -1.00 e. The van der Waals surface area contributed by atoms with Gasteiger partial charge in [0.05, 0.1) is 13.0 Å². The molecule has 1 saturated heterocycles. The number of tetrazole rings is 1. The molecule has 1 aromatic carbocycles. The number of H-pyrrole nitrogens is 1. The Bertz CT molecular complexity index is 617. The number of nitrogens with two attached hydrogens (primary N) is 1. The Balaban J connectivity index is 0.00000121. The summed E-state index contributed by atoms with van der Waals surface area (Å²) < 4.78 is 1.67. The highest BCUT2D eigenvalue weighted by molar-refractivity contribution is 6.30. The van der Waals surface area contributed by atoms with Gasteiger partial charge in [-0.2, -0.15) is 0 Å². The van der Waals surface area contributed by atoms with Gasteiger partial charge in [-0.15, -0.1) is 4.68 Å². The van der Waals surface area contributed by atoms with Crippen molar-refractivity contribution in [2.24, 2.45) is 0 Å². The summed E-state index contributed by atoms with van der Waals surface area (Å²) in [5, 5.41) is 15.7. The highest BCUT2D eigenvalue weighted by atomic mass is 35.5. The Hall–Kier alpha value is -1.41. The van der Waals surface area contributed by atoms with Crippen LogP contribution < -0.4 is 40.1 Å². The number of hydrogen-bond donors (Lipinski definition) is 3. The number of carbonyl (C=O) groups excluding carboxylic acids is 1. The molecule has 1 amide bonds. The average Bonchev–Trinajstić information content (AvgIpc) is 2.88. The first-order chi connectivity index (χ1) is 9.74. The van der Waals surface area contributed by atoms with Gasteiger partial charge in [0, 0.05) is 17.1 Å². The van der Waals surface area contributed by atoms with E-state index in [4.69, 9.17) is 11.6 Å². The maximum atomic E-state index is 11.9. The van der Waals surface area contributed by atoms with E-state index in [1.807, 2.05) is 17.4 Å². The maximum Gasteiger partial charge on any atom is 0.293 e. The van der Waals surface area contributed by atoms with Gasteiger partial charge in [-0.1, -0.05) is 16.8 Å². The number of nitrogens with one attached hydrogen (secondary N) is 2. The van der Waals surface area contributed by atoms with Crippen LogP contribution in [-0.2, 0) is 11.3 Å². The van der Waals surface area contributed by atoms with Gasteiger partial charge < -0.3 is 35.4 Å². The fourth-order valence-electron chi connectivity index (χ4n) is 2.11. The SMILES string of the molecule is O=C(NCc1cc(Cl)ccc1-[n+]1cnn[nH]1)[C@@H]1CC[NH2+]1.[Cl-].[Cl-]. The van der Waals surface area contributed by atoms with E-state index >= 15 is 0 Å². The van der Waals surface area contributed by atoms with Crippen molar-refractivity contribution in [3.05, 3.63) is 35.1 Å². The zero-order valence-corrected chi connectivity index (χ0v) is 13.7. The van der Waals surface area contributed by atoms with Crippen LogP contribution in [-0.4, -0.2) is 34.0 Å². The molecule has 0 radical (unpaired) electrons. The molecular weight excluding hydrogens is 351 g/mol. The van der Waals surface area contributed by atoms with Crippen LogP contribution in [0.1, 0.15) is 12.0 Å². The number of hydrogen-bond acceptors (Lipinski definition) is 3. The number of halogens is 3. The molecule has 1 atom stereocenters. The quantitative estimate of drug-likeness (QED) is 0.470. The van der Waals surface area contributed by atoms with E-state index < -0.39 is 0 Å². The molecule has 0 spiro atoms. The predicted molar refractivity (Wildman–Crippen MR) is 70.0 cm³/mol. The molecule has 120 valence electrons. The van der Waals surface area contributed by atoms with Gasteiger partial charge in [-0.05, 0) is 18.2 Å². The molecule has 2 aromatic rings. The fraction of sp³-hybridized carbons (Fsp3) is 0.333. The Morgan fingerprint density at radius 1 is 1.50 bits per heavy atom. The van der Waals surface area contributed by atoms with Gasteiger partial charge in [0.2, 0.25) is 0 Å². The first-order valence-corrected chi connectivity index (χ1v) is 6.79. The second-order valence-corrected chi connectivity index (χ2v) is 5.15. The molecule has 10 heteroatoms. The third-order valence-corrected chi connectivity index (χ3v) is 3.63. The van der Waals surface area contributed by atoms with Crippen molar-refractivity contribution in [1.82, 2.24) is 20.8 Å². The molecule has 4 N–H and O–H groups in total. The van der Waals surface area contributed by atoms with Crippen LogP contribution in [0.25, 0.3) is 5.69 Å². The van der Waals surface area contributed by atoms with E-state index in [0.717, 1.165) is 24.2 Å². The normalized spacial score (nSPS) is 16.0. The van der Waals surface area contributed by atoms with Gasteiger partial charge in [0.1, 0.15) is 10.8 Å². The fourth-order valence-corrected chi connectivity index (χ4v) is 2.30. The maximum absolute atomic E-state index is 11.9. The lowest BCUT2D eigenvalue weighted by Gasteiger charge is -2.22. The lowest BCUT2D eigenvalue weighted by molar-refractivity contribution is -0.729. The molecule has 1 aromatic heterocycles. The predicted octanol–water partition coefficient (Wildman–Crippen LogP) is -7.31. The summed E-state index contributed by atoms with van der Waals surface area (Å²) in [5.74, 6) is 0.0647. The van der Waals surface area contributed by atoms with Crippen LogP contribution in [0.5, 0.6) is 0 Å². The number of aromatic nitrogens is 4. The molecule has 1 aliphatic heterocycles. The molecule has 22 heavy (non-hydrogen) atoms. The Kier molecular flexibility index (Phi) is 7.02. The van der Waals surface area contributed by atoms with Crippen LogP contribution >= 0.6 is 11.6 Å². The molecule has 1 fully saturated rings. The lowest BCUT2D eigenvalue weighted by atomic mass is 10.1. The summed E-state index contributed by atoms with van der Waals surface area (Å²) >= 11 is 6.02. The van der Waals surface area contributed by atoms with Crippen LogP contribution in [0.15, 0.2) is 24.5 Å². The van der Waals surface area contributed by atoms with Crippen molar-refractivity contribution in [2.75, 3.05) is 6.54 Å². The number of amides is 1. The molecular formula is C12H15Cl3N6O. The van der Waals surface area contributed by atoms with E-state index in [2.05, 4.69) is 20.8 Å². The van der Waals surface area contributed by atoms with Crippen molar-refractivity contribution in [3.63, 3.8) is 0 Å². The first-order valence-electron chi connectivity index (χ1n) is 6.41. The van der Waals surface area contributed by atoms with Crippen LogP contribution in [0.3, 0.4) is 0 Å². The Morgan fingerprint density at radius 3 is 2.86 bits per heavy atom. The molecule has 1 aliphatic rings. The third-order valence-electron chi connectivity index (χ3n) is 3.40. The summed E-state index contributed by atoms with van der Waals surface area (Å²) in [6.07, 6.45) is 2.50.